The van der Waals surface area contributed by atoms with Crippen LogP contribution in [0.15, 0.2) is 24.3 Å². The molecule has 0 heterocycles. The van der Waals surface area contributed by atoms with Gasteiger partial charge in [0.1, 0.15) is 5.75 Å². The molecular weight excluding hydrogens is 392 g/mol. The van der Waals surface area contributed by atoms with E-state index in [1.165, 1.54) is 22.3 Å². The van der Waals surface area contributed by atoms with Gasteiger partial charge in [-0.1, -0.05) is 53.7 Å². The highest BCUT2D eigenvalue weighted by Gasteiger charge is 2.27. The highest BCUT2D eigenvalue weighted by molar-refractivity contribution is 6.17. The maximum absolute atomic E-state index is 6.42. The SMILES string of the molecule is CCOc1c(CC)c(C)c(C)c(CCl)c1Oc1ccc(C(C)(C)CC(C)(C)C)cc1. The Labute approximate surface area is 188 Å². The van der Waals surface area contributed by atoms with E-state index in [1.807, 2.05) is 6.92 Å². The number of alkyl halides is 1. The zero-order valence-electron chi connectivity index (χ0n) is 20.3. The van der Waals surface area contributed by atoms with Crippen molar-refractivity contribution in [3.63, 3.8) is 0 Å². The summed E-state index contributed by atoms with van der Waals surface area (Å²) in [6.07, 6.45) is 2.00. The third-order valence-corrected chi connectivity index (χ3v) is 6.09. The standard InChI is InChI=1S/C27H39ClO2/c1-10-22-18(3)19(4)23(16-28)25(24(22)29-11-2)30-21-14-12-20(13-15-21)27(8,9)17-26(5,6)7/h12-15H,10-11,16-17H2,1-9H3. The van der Waals surface area contributed by atoms with Crippen molar-refractivity contribution in [1.82, 2.24) is 0 Å². The van der Waals surface area contributed by atoms with Gasteiger partial charge in [0.2, 0.25) is 0 Å². The molecular formula is C27H39ClO2. The molecule has 0 atom stereocenters. The third kappa shape index (κ3) is 5.52. The summed E-state index contributed by atoms with van der Waals surface area (Å²) in [7, 11) is 0. The van der Waals surface area contributed by atoms with Gasteiger partial charge in [0.05, 0.1) is 12.5 Å². The summed E-state index contributed by atoms with van der Waals surface area (Å²) in [6, 6.07) is 8.50. The Hall–Kier alpha value is -1.67. The molecule has 0 aliphatic heterocycles. The molecule has 0 fully saturated rings. The molecule has 2 aromatic carbocycles. The van der Waals surface area contributed by atoms with Crippen LogP contribution in [0.2, 0.25) is 0 Å². The van der Waals surface area contributed by atoms with Gasteiger partial charge in [0.25, 0.3) is 0 Å². The summed E-state index contributed by atoms with van der Waals surface area (Å²) in [5.74, 6) is 2.79. The molecule has 2 nitrogen and oxygen atoms in total. The lowest BCUT2D eigenvalue weighted by Crippen LogP contribution is -2.24. The summed E-state index contributed by atoms with van der Waals surface area (Å²) in [5, 5.41) is 0. The van der Waals surface area contributed by atoms with Gasteiger partial charge in [0, 0.05) is 11.1 Å². The molecule has 0 spiro atoms. The molecule has 0 aliphatic carbocycles. The van der Waals surface area contributed by atoms with Crippen molar-refractivity contribution in [2.24, 2.45) is 5.41 Å². The molecule has 30 heavy (non-hydrogen) atoms. The fourth-order valence-corrected chi connectivity index (χ4v) is 4.90. The van der Waals surface area contributed by atoms with Crippen molar-refractivity contribution >= 4 is 11.6 Å². The van der Waals surface area contributed by atoms with Crippen LogP contribution in [-0.2, 0) is 17.7 Å². The summed E-state index contributed by atoms with van der Waals surface area (Å²) in [6.45, 7) is 20.5. The summed E-state index contributed by atoms with van der Waals surface area (Å²) in [4.78, 5) is 0. The number of rotatable bonds is 8. The smallest absolute Gasteiger partial charge is 0.174 e. The molecule has 0 N–H and O–H groups in total. The first-order chi connectivity index (χ1) is 13.9. The summed E-state index contributed by atoms with van der Waals surface area (Å²) in [5.41, 5.74) is 6.32. The Morgan fingerprint density at radius 1 is 0.833 bits per heavy atom. The van der Waals surface area contributed by atoms with Crippen molar-refractivity contribution < 1.29 is 9.47 Å². The van der Waals surface area contributed by atoms with Gasteiger partial charge in [0.15, 0.2) is 11.5 Å². The minimum Gasteiger partial charge on any atom is -0.490 e. The molecule has 0 radical (unpaired) electrons. The molecule has 0 aliphatic rings. The normalized spacial score (nSPS) is 12.2. The maximum Gasteiger partial charge on any atom is 0.174 e. The zero-order chi connectivity index (χ0) is 22.7. The molecule has 166 valence electrons. The van der Waals surface area contributed by atoms with Crippen molar-refractivity contribution in [3.8, 4) is 17.2 Å². The van der Waals surface area contributed by atoms with Gasteiger partial charge >= 0.3 is 0 Å². The second-order valence-electron chi connectivity index (χ2n) is 10.0. The van der Waals surface area contributed by atoms with Crippen LogP contribution in [0.25, 0.3) is 0 Å². The van der Waals surface area contributed by atoms with Crippen LogP contribution in [-0.4, -0.2) is 6.61 Å². The molecule has 0 aromatic heterocycles. The van der Waals surface area contributed by atoms with Crippen molar-refractivity contribution in [1.29, 1.82) is 0 Å². The number of benzene rings is 2. The zero-order valence-corrected chi connectivity index (χ0v) is 21.1. The van der Waals surface area contributed by atoms with Crippen molar-refractivity contribution in [3.05, 3.63) is 52.1 Å². The van der Waals surface area contributed by atoms with E-state index in [1.54, 1.807) is 0 Å². The largest absolute Gasteiger partial charge is 0.490 e. The van der Waals surface area contributed by atoms with Gasteiger partial charge in [-0.25, -0.2) is 0 Å². The van der Waals surface area contributed by atoms with E-state index in [0.717, 1.165) is 35.7 Å². The lowest BCUT2D eigenvalue weighted by molar-refractivity contribution is 0.284. The van der Waals surface area contributed by atoms with Crippen LogP contribution in [0.1, 0.15) is 82.7 Å². The number of ether oxygens (including phenoxy) is 2. The van der Waals surface area contributed by atoms with Gasteiger partial charge in [-0.15, -0.1) is 11.6 Å². The lowest BCUT2D eigenvalue weighted by Gasteiger charge is -2.33. The molecule has 0 bridgehead atoms. The van der Waals surface area contributed by atoms with E-state index in [9.17, 15) is 0 Å². The van der Waals surface area contributed by atoms with E-state index in [0.29, 0.717) is 12.5 Å². The monoisotopic (exact) mass is 430 g/mol. The second-order valence-corrected chi connectivity index (χ2v) is 10.3. The first-order valence-corrected chi connectivity index (χ1v) is 11.6. The molecule has 0 saturated carbocycles. The van der Waals surface area contributed by atoms with E-state index in [2.05, 4.69) is 79.7 Å². The van der Waals surface area contributed by atoms with E-state index in [4.69, 9.17) is 21.1 Å². The Kier molecular flexibility index (Phi) is 7.91. The maximum atomic E-state index is 6.42. The Morgan fingerprint density at radius 3 is 1.87 bits per heavy atom. The van der Waals surface area contributed by atoms with Crippen LogP contribution in [0.4, 0.5) is 0 Å². The number of hydrogen-bond acceptors (Lipinski definition) is 2. The topological polar surface area (TPSA) is 18.5 Å². The molecule has 0 unspecified atom stereocenters. The minimum absolute atomic E-state index is 0.102. The highest BCUT2D eigenvalue weighted by Crippen LogP contribution is 2.44. The van der Waals surface area contributed by atoms with Crippen LogP contribution in [0.5, 0.6) is 17.2 Å². The fraction of sp³-hybridized carbons (Fsp3) is 0.556. The van der Waals surface area contributed by atoms with Gasteiger partial charge in [-0.2, -0.15) is 0 Å². The quantitative estimate of drug-likeness (QED) is 0.390. The molecule has 2 aromatic rings. The average Bonchev–Trinajstić information content (AvgIpc) is 2.65. The van der Waals surface area contributed by atoms with Crippen LogP contribution in [0.3, 0.4) is 0 Å². The van der Waals surface area contributed by atoms with Crippen molar-refractivity contribution in [2.45, 2.75) is 86.5 Å². The molecule has 0 saturated heterocycles. The Bertz CT molecular complexity index is 858. The number of halogens is 1. The Morgan fingerprint density at radius 2 is 1.40 bits per heavy atom. The van der Waals surface area contributed by atoms with Gasteiger partial charge in [-0.3, -0.25) is 0 Å². The van der Waals surface area contributed by atoms with Crippen LogP contribution >= 0.6 is 11.6 Å². The third-order valence-electron chi connectivity index (χ3n) is 5.83. The second kappa shape index (κ2) is 9.64. The van der Waals surface area contributed by atoms with E-state index in [-0.39, 0.29) is 10.8 Å². The lowest BCUT2D eigenvalue weighted by atomic mass is 9.72. The van der Waals surface area contributed by atoms with Crippen LogP contribution in [0, 0.1) is 19.3 Å². The number of hydrogen-bond donors (Lipinski definition) is 0. The van der Waals surface area contributed by atoms with E-state index >= 15 is 0 Å². The highest BCUT2D eigenvalue weighted by atomic mass is 35.5. The molecule has 2 rings (SSSR count). The predicted octanol–water partition coefficient (Wildman–Crippen LogP) is 8.51. The predicted molar refractivity (Wildman–Crippen MR) is 130 cm³/mol. The Balaban J connectivity index is 2.46. The first-order valence-electron chi connectivity index (χ1n) is 11.1. The van der Waals surface area contributed by atoms with Crippen LogP contribution < -0.4 is 9.47 Å². The molecule has 0 amide bonds. The summed E-state index contributed by atoms with van der Waals surface area (Å²) >= 11 is 6.35. The molecule has 3 heteroatoms. The first kappa shape index (κ1) is 24.6. The minimum atomic E-state index is 0.102. The van der Waals surface area contributed by atoms with Gasteiger partial charge < -0.3 is 9.47 Å². The summed E-state index contributed by atoms with van der Waals surface area (Å²) < 4.78 is 12.5. The average molecular weight is 431 g/mol. The van der Waals surface area contributed by atoms with Gasteiger partial charge in [-0.05, 0) is 73.3 Å². The van der Waals surface area contributed by atoms with E-state index < -0.39 is 0 Å². The van der Waals surface area contributed by atoms with Crippen molar-refractivity contribution in [2.75, 3.05) is 6.61 Å². The fourth-order valence-electron chi connectivity index (χ4n) is 4.58.